The van der Waals surface area contributed by atoms with Crippen molar-refractivity contribution in [3.05, 3.63) is 45.1 Å². The molecule has 2 aromatic rings. The third-order valence-electron chi connectivity index (χ3n) is 3.95. The highest BCUT2D eigenvalue weighted by molar-refractivity contribution is 7.92. The second-order valence-corrected chi connectivity index (χ2v) is 8.32. The lowest BCUT2D eigenvalue weighted by Gasteiger charge is -2.19. The van der Waals surface area contributed by atoms with Crippen LogP contribution in [0.1, 0.15) is 25.0 Å². The van der Waals surface area contributed by atoms with E-state index in [1.807, 2.05) is 13.8 Å². The van der Waals surface area contributed by atoms with Crippen molar-refractivity contribution in [1.82, 2.24) is 4.90 Å². The van der Waals surface area contributed by atoms with Crippen LogP contribution in [0.5, 0.6) is 0 Å². The molecule has 0 aliphatic carbocycles. The molecule has 8 heteroatoms. The van der Waals surface area contributed by atoms with Crippen LogP contribution in [-0.2, 0) is 21.2 Å². The van der Waals surface area contributed by atoms with Crippen LogP contribution in [0.15, 0.2) is 33.9 Å². The number of carbonyl (C=O) groups is 1. The maximum Gasteiger partial charge on any atom is 0.262 e. The summed E-state index contributed by atoms with van der Waals surface area (Å²) in [6.07, 6.45) is 0.164. The molecule has 1 amide bonds. The van der Waals surface area contributed by atoms with E-state index in [9.17, 15) is 13.2 Å². The second-order valence-electron chi connectivity index (χ2n) is 5.52. The van der Waals surface area contributed by atoms with Gasteiger partial charge in [0.1, 0.15) is 0 Å². The van der Waals surface area contributed by atoms with E-state index in [0.29, 0.717) is 34.9 Å². The van der Waals surface area contributed by atoms with Crippen LogP contribution in [-0.4, -0.2) is 32.3 Å². The fourth-order valence-corrected chi connectivity index (χ4v) is 4.93. The molecule has 0 spiro atoms. The number of benzene rings is 1. The Morgan fingerprint density at radius 2 is 1.92 bits per heavy atom. The first-order chi connectivity index (χ1) is 11.8. The van der Waals surface area contributed by atoms with Gasteiger partial charge in [0.25, 0.3) is 10.0 Å². The molecule has 1 N–H and O–H groups in total. The molecule has 0 aliphatic heterocycles. The van der Waals surface area contributed by atoms with Gasteiger partial charge in [-0.2, -0.15) is 0 Å². The minimum atomic E-state index is -3.78. The van der Waals surface area contributed by atoms with Gasteiger partial charge in [-0.25, -0.2) is 8.42 Å². The molecule has 5 nitrogen and oxygen atoms in total. The zero-order valence-corrected chi connectivity index (χ0v) is 16.8. The predicted molar refractivity (Wildman–Crippen MR) is 103 cm³/mol. The second kappa shape index (κ2) is 8.21. The van der Waals surface area contributed by atoms with Crippen molar-refractivity contribution in [3.63, 3.8) is 0 Å². The smallest absolute Gasteiger partial charge is 0.262 e. The van der Waals surface area contributed by atoms with Crippen molar-refractivity contribution in [3.8, 4) is 0 Å². The number of anilines is 1. The van der Waals surface area contributed by atoms with Crippen LogP contribution in [0.3, 0.4) is 0 Å². The Balaban J connectivity index is 2.26. The summed E-state index contributed by atoms with van der Waals surface area (Å²) in [5.41, 5.74) is 1.60. The lowest BCUT2D eigenvalue weighted by Crippen LogP contribution is -2.31. The molecule has 0 atom stereocenters. The van der Waals surface area contributed by atoms with Gasteiger partial charge in [0.05, 0.1) is 17.0 Å². The van der Waals surface area contributed by atoms with E-state index in [-0.39, 0.29) is 17.2 Å². The van der Waals surface area contributed by atoms with E-state index >= 15 is 0 Å². The topological polar surface area (TPSA) is 66.5 Å². The number of carbonyl (C=O) groups excluding carboxylic acids is 1. The van der Waals surface area contributed by atoms with Gasteiger partial charge >= 0.3 is 0 Å². The standard InChI is InChI=1S/C17H21ClN2O3S2/c1-4-20(5-2)17(21)9-13-10-24-11-15(13)19-25(22,23)16-8-6-7-14(18)12(16)3/h6-8,10-11,19H,4-5,9H2,1-3H3. The highest BCUT2D eigenvalue weighted by Gasteiger charge is 2.21. The van der Waals surface area contributed by atoms with E-state index < -0.39 is 10.0 Å². The van der Waals surface area contributed by atoms with Crippen LogP contribution in [0.4, 0.5) is 5.69 Å². The summed E-state index contributed by atoms with van der Waals surface area (Å²) in [6, 6.07) is 4.76. The zero-order chi connectivity index (χ0) is 18.6. The van der Waals surface area contributed by atoms with E-state index in [1.165, 1.54) is 17.4 Å². The number of sulfonamides is 1. The molecule has 136 valence electrons. The van der Waals surface area contributed by atoms with E-state index in [1.54, 1.807) is 34.7 Å². The molecule has 0 bridgehead atoms. The van der Waals surface area contributed by atoms with E-state index in [2.05, 4.69) is 4.72 Å². The summed E-state index contributed by atoms with van der Waals surface area (Å²) < 4.78 is 28.0. The van der Waals surface area contributed by atoms with Crippen LogP contribution in [0.2, 0.25) is 5.02 Å². The highest BCUT2D eigenvalue weighted by atomic mass is 35.5. The van der Waals surface area contributed by atoms with Gasteiger partial charge in [0, 0.05) is 23.5 Å². The molecule has 25 heavy (non-hydrogen) atoms. The molecule has 2 rings (SSSR count). The van der Waals surface area contributed by atoms with Crippen molar-refractivity contribution < 1.29 is 13.2 Å². The van der Waals surface area contributed by atoms with Crippen LogP contribution >= 0.6 is 22.9 Å². The molecule has 0 radical (unpaired) electrons. The number of thiophene rings is 1. The lowest BCUT2D eigenvalue weighted by molar-refractivity contribution is -0.130. The first-order valence-electron chi connectivity index (χ1n) is 7.90. The van der Waals surface area contributed by atoms with Gasteiger partial charge in [-0.15, -0.1) is 11.3 Å². The average Bonchev–Trinajstić information content (AvgIpc) is 2.97. The highest BCUT2D eigenvalue weighted by Crippen LogP contribution is 2.28. The van der Waals surface area contributed by atoms with Crippen LogP contribution in [0.25, 0.3) is 0 Å². The molecular weight excluding hydrogens is 380 g/mol. The SMILES string of the molecule is CCN(CC)C(=O)Cc1cscc1NS(=O)(=O)c1cccc(Cl)c1C. The van der Waals surface area contributed by atoms with Gasteiger partial charge in [-0.3, -0.25) is 9.52 Å². The molecule has 1 aromatic heterocycles. The van der Waals surface area contributed by atoms with E-state index in [4.69, 9.17) is 11.6 Å². The molecule has 0 aliphatic rings. The molecule has 0 unspecified atom stereocenters. The largest absolute Gasteiger partial charge is 0.343 e. The Hall–Kier alpha value is -1.57. The Kier molecular flexibility index (Phi) is 6.48. The summed E-state index contributed by atoms with van der Waals surface area (Å²) in [5.74, 6) is -0.0252. The summed E-state index contributed by atoms with van der Waals surface area (Å²) in [4.78, 5) is 14.1. The van der Waals surface area contributed by atoms with Gasteiger partial charge < -0.3 is 4.90 Å². The fourth-order valence-electron chi connectivity index (χ4n) is 2.48. The minimum Gasteiger partial charge on any atom is -0.343 e. The molecule has 1 aromatic carbocycles. The van der Waals surface area contributed by atoms with Crippen molar-refractivity contribution in [1.29, 1.82) is 0 Å². The first-order valence-corrected chi connectivity index (χ1v) is 10.7. The lowest BCUT2D eigenvalue weighted by atomic mass is 10.2. The third-order valence-corrected chi connectivity index (χ3v) is 6.66. The summed E-state index contributed by atoms with van der Waals surface area (Å²) in [6.45, 7) is 6.75. The number of amides is 1. The molecule has 0 saturated carbocycles. The Labute approximate surface area is 157 Å². The number of halogens is 1. The maximum atomic E-state index is 12.7. The van der Waals surface area contributed by atoms with Gasteiger partial charge in [-0.1, -0.05) is 17.7 Å². The number of rotatable bonds is 7. The molecule has 0 saturated heterocycles. The van der Waals surface area contributed by atoms with Crippen molar-refractivity contribution in [2.75, 3.05) is 17.8 Å². The Morgan fingerprint density at radius 3 is 2.56 bits per heavy atom. The van der Waals surface area contributed by atoms with Crippen LogP contribution in [0, 0.1) is 6.92 Å². The summed E-state index contributed by atoms with van der Waals surface area (Å²) >= 11 is 7.38. The number of nitrogens with one attached hydrogen (secondary N) is 1. The first kappa shape index (κ1) is 19.8. The number of nitrogens with zero attached hydrogens (tertiary/aromatic N) is 1. The molecule has 0 fully saturated rings. The quantitative estimate of drug-likeness (QED) is 0.765. The minimum absolute atomic E-state index is 0.0252. The van der Waals surface area contributed by atoms with Gasteiger partial charge in [-0.05, 0) is 49.4 Å². The van der Waals surface area contributed by atoms with Crippen molar-refractivity contribution in [2.24, 2.45) is 0 Å². The monoisotopic (exact) mass is 400 g/mol. The summed E-state index contributed by atoms with van der Waals surface area (Å²) in [7, 11) is -3.78. The summed E-state index contributed by atoms with van der Waals surface area (Å²) in [5, 5.41) is 3.89. The molecule has 1 heterocycles. The number of hydrogen-bond donors (Lipinski definition) is 1. The van der Waals surface area contributed by atoms with Gasteiger partial charge in [0.15, 0.2) is 0 Å². The average molecular weight is 401 g/mol. The Morgan fingerprint density at radius 1 is 1.24 bits per heavy atom. The number of hydrogen-bond acceptors (Lipinski definition) is 4. The van der Waals surface area contributed by atoms with Gasteiger partial charge in [0.2, 0.25) is 5.91 Å². The maximum absolute atomic E-state index is 12.7. The predicted octanol–water partition coefficient (Wildman–Crippen LogP) is 3.92. The molecular formula is C17H21ClN2O3S2. The van der Waals surface area contributed by atoms with Crippen LogP contribution < -0.4 is 4.72 Å². The third kappa shape index (κ3) is 4.54. The number of likely N-dealkylation sites (N-methyl/N-ethyl adjacent to an activating group) is 1. The normalized spacial score (nSPS) is 11.4. The zero-order valence-electron chi connectivity index (χ0n) is 14.4. The fraction of sp³-hybridized carbons (Fsp3) is 0.353. The van der Waals surface area contributed by atoms with E-state index in [0.717, 1.165) is 0 Å². The van der Waals surface area contributed by atoms with Crippen molar-refractivity contribution in [2.45, 2.75) is 32.1 Å². The van der Waals surface area contributed by atoms with Crippen molar-refractivity contribution >= 4 is 44.6 Å². The Bertz CT molecular complexity index is 859.